The molecule has 1 aromatic heterocycles. The third-order valence-corrected chi connectivity index (χ3v) is 4.74. The Balaban J connectivity index is 2.09. The van der Waals surface area contributed by atoms with E-state index in [1.54, 1.807) is 6.07 Å². The van der Waals surface area contributed by atoms with Crippen molar-refractivity contribution in [1.29, 1.82) is 0 Å². The summed E-state index contributed by atoms with van der Waals surface area (Å²) in [6.07, 6.45) is 3.07. The van der Waals surface area contributed by atoms with Gasteiger partial charge in [0.2, 0.25) is 5.09 Å². The molecular weight excluding hydrogens is 228 g/mol. The summed E-state index contributed by atoms with van der Waals surface area (Å²) in [6.45, 7) is 1.10. The third kappa shape index (κ3) is 2.14. The van der Waals surface area contributed by atoms with Crippen LogP contribution in [0.15, 0.2) is 27.9 Å². The number of piperidine rings is 1. The predicted octanol–water partition coefficient (Wildman–Crippen LogP) is 0.652. The van der Waals surface area contributed by atoms with E-state index in [0.717, 1.165) is 12.8 Å². The lowest BCUT2D eigenvalue weighted by atomic mass is 10.1. The lowest BCUT2D eigenvalue weighted by Crippen LogP contribution is -2.43. The maximum Gasteiger partial charge on any atom is 0.276 e. The molecule has 0 radical (unpaired) electrons. The highest BCUT2D eigenvalue weighted by Gasteiger charge is 2.30. The quantitative estimate of drug-likeness (QED) is 0.848. The SMILES string of the molecule is CNC1CCN(S(=O)(=O)c2ccco2)CC1. The molecule has 0 saturated carbocycles. The molecule has 2 rings (SSSR count). The molecule has 0 bridgehead atoms. The third-order valence-electron chi connectivity index (χ3n) is 2.95. The van der Waals surface area contributed by atoms with Crippen LogP contribution in [0.25, 0.3) is 0 Å². The van der Waals surface area contributed by atoms with Gasteiger partial charge in [0.15, 0.2) is 0 Å². The second-order valence-corrected chi connectivity index (χ2v) is 5.77. The van der Waals surface area contributed by atoms with Gasteiger partial charge < -0.3 is 9.73 Å². The Morgan fingerprint density at radius 2 is 2.12 bits per heavy atom. The van der Waals surface area contributed by atoms with Crippen LogP contribution in [0.3, 0.4) is 0 Å². The van der Waals surface area contributed by atoms with E-state index in [9.17, 15) is 8.42 Å². The average molecular weight is 244 g/mol. The number of sulfonamides is 1. The van der Waals surface area contributed by atoms with Crippen molar-refractivity contribution in [3.63, 3.8) is 0 Å². The Labute approximate surface area is 95.5 Å². The summed E-state index contributed by atoms with van der Waals surface area (Å²) in [5.74, 6) is 0. The van der Waals surface area contributed by atoms with Crippen LogP contribution in [-0.2, 0) is 10.0 Å². The Bertz CT molecular complexity index is 419. The Kier molecular flexibility index (Phi) is 3.32. The van der Waals surface area contributed by atoms with Crippen molar-refractivity contribution in [2.45, 2.75) is 24.0 Å². The summed E-state index contributed by atoms with van der Waals surface area (Å²) in [5, 5.41) is 3.20. The number of furan rings is 1. The van der Waals surface area contributed by atoms with E-state index in [1.807, 2.05) is 7.05 Å². The van der Waals surface area contributed by atoms with Crippen LogP contribution in [0.4, 0.5) is 0 Å². The molecule has 1 aliphatic heterocycles. The van der Waals surface area contributed by atoms with E-state index in [-0.39, 0.29) is 5.09 Å². The van der Waals surface area contributed by atoms with Crippen molar-refractivity contribution in [2.24, 2.45) is 0 Å². The van der Waals surface area contributed by atoms with E-state index >= 15 is 0 Å². The van der Waals surface area contributed by atoms with Crippen molar-refractivity contribution < 1.29 is 12.8 Å². The highest BCUT2D eigenvalue weighted by atomic mass is 32.2. The van der Waals surface area contributed by atoms with Gasteiger partial charge >= 0.3 is 0 Å². The summed E-state index contributed by atoms with van der Waals surface area (Å²) in [4.78, 5) is 0. The molecule has 0 spiro atoms. The average Bonchev–Trinajstić information content (AvgIpc) is 2.83. The second kappa shape index (κ2) is 4.57. The number of nitrogens with one attached hydrogen (secondary N) is 1. The molecule has 0 unspecified atom stereocenters. The van der Waals surface area contributed by atoms with Gasteiger partial charge in [-0.25, -0.2) is 8.42 Å². The first-order valence-electron chi connectivity index (χ1n) is 5.35. The molecule has 90 valence electrons. The van der Waals surface area contributed by atoms with Crippen molar-refractivity contribution in [2.75, 3.05) is 20.1 Å². The first-order chi connectivity index (χ1) is 7.64. The molecule has 1 fully saturated rings. The lowest BCUT2D eigenvalue weighted by Gasteiger charge is -2.30. The number of rotatable bonds is 3. The minimum atomic E-state index is -3.41. The molecule has 5 nitrogen and oxygen atoms in total. The topological polar surface area (TPSA) is 62.6 Å². The molecular formula is C10H16N2O3S. The number of nitrogens with zero attached hydrogens (tertiary/aromatic N) is 1. The van der Waals surface area contributed by atoms with Crippen LogP contribution in [0, 0.1) is 0 Å². The van der Waals surface area contributed by atoms with Crippen molar-refractivity contribution in [3.05, 3.63) is 18.4 Å². The van der Waals surface area contributed by atoms with E-state index in [1.165, 1.54) is 16.6 Å². The zero-order valence-electron chi connectivity index (χ0n) is 9.22. The van der Waals surface area contributed by atoms with Crippen LogP contribution in [0.1, 0.15) is 12.8 Å². The standard InChI is InChI=1S/C10H16N2O3S/c1-11-9-4-6-12(7-5-9)16(13,14)10-3-2-8-15-10/h2-3,8-9,11H,4-7H2,1H3. The maximum atomic E-state index is 12.1. The molecule has 0 aromatic carbocycles. The molecule has 1 aliphatic rings. The van der Waals surface area contributed by atoms with E-state index in [4.69, 9.17) is 4.42 Å². The van der Waals surface area contributed by atoms with Gasteiger partial charge in [0.1, 0.15) is 0 Å². The number of hydrogen-bond acceptors (Lipinski definition) is 4. The van der Waals surface area contributed by atoms with Crippen LogP contribution < -0.4 is 5.32 Å². The van der Waals surface area contributed by atoms with Crippen LogP contribution in [0.2, 0.25) is 0 Å². The molecule has 2 heterocycles. The van der Waals surface area contributed by atoms with Crippen molar-refractivity contribution in [1.82, 2.24) is 9.62 Å². The van der Waals surface area contributed by atoms with Gasteiger partial charge in [0, 0.05) is 19.1 Å². The van der Waals surface area contributed by atoms with Gasteiger partial charge in [-0.3, -0.25) is 0 Å². The van der Waals surface area contributed by atoms with Gasteiger partial charge in [0.25, 0.3) is 10.0 Å². The first-order valence-corrected chi connectivity index (χ1v) is 6.79. The molecule has 0 amide bonds. The van der Waals surface area contributed by atoms with E-state index < -0.39 is 10.0 Å². The van der Waals surface area contributed by atoms with Crippen LogP contribution in [0.5, 0.6) is 0 Å². The zero-order chi connectivity index (χ0) is 11.6. The van der Waals surface area contributed by atoms with Crippen molar-refractivity contribution >= 4 is 10.0 Å². The fourth-order valence-corrected chi connectivity index (χ4v) is 3.30. The van der Waals surface area contributed by atoms with E-state index in [2.05, 4.69) is 5.32 Å². The lowest BCUT2D eigenvalue weighted by molar-refractivity contribution is 0.291. The largest absolute Gasteiger partial charge is 0.452 e. The van der Waals surface area contributed by atoms with E-state index in [0.29, 0.717) is 19.1 Å². The van der Waals surface area contributed by atoms with Gasteiger partial charge in [-0.05, 0) is 32.0 Å². The maximum absolute atomic E-state index is 12.1. The fraction of sp³-hybridized carbons (Fsp3) is 0.600. The molecule has 16 heavy (non-hydrogen) atoms. The van der Waals surface area contributed by atoms with Crippen molar-refractivity contribution in [3.8, 4) is 0 Å². The molecule has 1 aromatic rings. The van der Waals surface area contributed by atoms with Crippen LogP contribution in [-0.4, -0.2) is 38.9 Å². The van der Waals surface area contributed by atoms with Gasteiger partial charge in [-0.1, -0.05) is 0 Å². The molecule has 1 saturated heterocycles. The minimum Gasteiger partial charge on any atom is -0.452 e. The Morgan fingerprint density at radius 1 is 1.44 bits per heavy atom. The molecule has 0 aliphatic carbocycles. The summed E-state index contributed by atoms with van der Waals surface area (Å²) >= 11 is 0. The summed E-state index contributed by atoms with van der Waals surface area (Å²) in [5.41, 5.74) is 0. The zero-order valence-corrected chi connectivity index (χ0v) is 10.0. The van der Waals surface area contributed by atoms with Gasteiger partial charge in [-0.15, -0.1) is 0 Å². The van der Waals surface area contributed by atoms with Gasteiger partial charge in [0.05, 0.1) is 6.26 Å². The highest BCUT2D eigenvalue weighted by molar-refractivity contribution is 7.89. The molecule has 6 heteroatoms. The monoisotopic (exact) mass is 244 g/mol. The highest BCUT2D eigenvalue weighted by Crippen LogP contribution is 2.20. The molecule has 0 atom stereocenters. The normalized spacial score (nSPS) is 20.1. The van der Waals surface area contributed by atoms with Crippen LogP contribution >= 0.6 is 0 Å². The Hall–Kier alpha value is -0.850. The predicted molar refractivity (Wildman–Crippen MR) is 59.5 cm³/mol. The first kappa shape index (κ1) is 11.6. The number of hydrogen-bond donors (Lipinski definition) is 1. The van der Waals surface area contributed by atoms with Gasteiger partial charge in [-0.2, -0.15) is 4.31 Å². The smallest absolute Gasteiger partial charge is 0.276 e. The second-order valence-electron chi connectivity index (χ2n) is 3.90. The minimum absolute atomic E-state index is 0.0374. The summed E-state index contributed by atoms with van der Waals surface area (Å²) in [6, 6.07) is 3.50. The fourth-order valence-electron chi connectivity index (χ4n) is 1.92. The molecule has 1 N–H and O–H groups in total. The Morgan fingerprint density at radius 3 is 2.62 bits per heavy atom. The summed E-state index contributed by atoms with van der Waals surface area (Å²) < 4.78 is 30.6. The summed E-state index contributed by atoms with van der Waals surface area (Å²) in [7, 11) is -1.51.